The predicted molar refractivity (Wildman–Crippen MR) is 65.1 cm³/mol. The third-order valence-electron chi connectivity index (χ3n) is 4.34. The maximum absolute atomic E-state index is 3.43. The van der Waals surface area contributed by atoms with Crippen LogP contribution in [0.4, 0.5) is 0 Å². The monoisotopic (exact) mass is 210 g/mol. The number of nitrogens with one attached hydrogen (secondary N) is 1. The van der Waals surface area contributed by atoms with Crippen molar-refractivity contribution in [3.8, 4) is 0 Å². The van der Waals surface area contributed by atoms with Gasteiger partial charge in [0.2, 0.25) is 0 Å². The first-order valence-corrected chi connectivity index (χ1v) is 6.74. The molecule has 1 heterocycles. The molecular weight excluding hydrogens is 184 g/mol. The molecule has 15 heavy (non-hydrogen) atoms. The van der Waals surface area contributed by atoms with Crippen LogP contribution < -0.4 is 5.32 Å². The Bertz CT molecular complexity index is 193. The first-order valence-electron chi connectivity index (χ1n) is 6.74. The van der Waals surface area contributed by atoms with Gasteiger partial charge in [-0.3, -0.25) is 0 Å². The van der Waals surface area contributed by atoms with Gasteiger partial charge in [0.25, 0.3) is 0 Å². The molecule has 1 saturated carbocycles. The van der Waals surface area contributed by atoms with E-state index in [1.54, 1.807) is 0 Å². The van der Waals surface area contributed by atoms with Gasteiger partial charge in [0.1, 0.15) is 0 Å². The Labute approximate surface area is 94.4 Å². The van der Waals surface area contributed by atoms with Crippen molar-refractivity contribution in [2.45, 2.75) is 57.5 Å². The molecule has 1 N–H and O–H groups in total. The van der Waals surface area contributed by atoms with Crippen molar-refractivity contribution in [1.82, 2.24) is 10.2 Å². The lowest BCUT2D eigenvalue weighted by Gasteiger charge is -2.24. The molecule has 0 amide bonds. The summed E-state index contributed by atoms with van der Waals surface area (Å²) < 4.78 is 0. The number of rotatable bonds is 4. The molecule has 88 valence electrons. The molecule has 1 aliphatic heterocycles. The second-order valence-electron chi connectivity index (χ2n) is 5.39. The Balaban J connectivity index is 1.76. The molecule has 2 fully saturated rings. The first-order chi connectivity index (χ1) is 7.33. The fraction of sp³-hybridized carbons (Fsp3) is 1.00. The van der Waals surface area contributed by atoms with Crippen LogP contribution in [0.2, 0.25) is 0 Å². The van der Waals surface area contributed by atoms with Gasteiger partial charge in [0.15, 0.2) is 0 Å². The fourth-order valence-electron chi connectivity index (χ4n) is 3.39. The standard InChI is InChI=1S/C13H26N2/c1-3-4-11-7-8-15(10-11)13-6-5-12(9-13)14-2/h11-14H,3-10H2,1-2H3. The van der Waals surface area contributed by atoms with Crippen LogP contribution in [-0.4, -0.2) is 37.1 Å². The van der Waals surface area contributed by atoms with E-state index in [0.717, 1.165) is 18.0 Å². The molecule has 2 aliphatic rings. The number of hydrogen-bond acceptors (Lipinski definition) is 2. The quantitative estimate of drug-likeness (QED) is 0.765. The van der Waals surface area contributed by atoms with Gasteiger partial charge in [0.05, 0.1) is 0 Å². The number of likely N-dealkylation sites (tertiary alicyclic amines) is 1. The van der Waals surface area contributed by atoms with Gasteiger partial charge in [0, 0.05) is 18.6 Å². The van der Waals surface area contributed by atoms with Gasteiger partial charge in [-0.2, -0.15) is 0 Å². The van der Waals surface area contributed by atoms with Gasteiger partial charge in [-0.15, -0.1) is 0 Å². The van der Waals surface area contributed by atoms with Gasteiger partial charge in [-0.1, -0.05) is 13.3 Å². The highest BCUT2D eigenvalue weighted by Crippen LogP contribution is 2.30. The SMILES string of the molecule is CCCC1CCN(C2CCC(NC)C2)C1. The van der Waals surface area contributed by atoms with E-state index in [1.165, 1.54) is 51.6 Å². The summed E-state index contributed by atoms with van der Waals surface area (Å²) in [7, 11) is 2.11. The fourth-order valence-corrected chi connectivity index (χ4v) is 3.39. The van der Waals surface area contributed by atoms with Gasteiger partial charge >= 0.3 is 0 Å². The highest BCUT2D eigenvalue weighted by Gasteiger charge is 2.32. The highest BCUT2D eigenvalue weighted by molar-refractivity contribution is 4.89. The molecule has 0 aromatic heterocycles. The van der Waals surface area contributed by atoms with E-state index in [1.807, 2.05) is 0 Å². The highest BCUT2D eigenvalue weighted by atomic mass is 15.2. The Hall–Kier alpha value is -0.0800. The van der Waals surface area contributed by atoms with E-state index in [-0.39, 0.29) is 0 Å². The van der Waals surface area contributed by atoms with Crippen LogP contribution in [0.5, 0.6) is 0 Å². The number of hydrogen-bond donors (Lipinski definition) is 1. The summed E-state index contributed by atoms with van der Waals surface area (Å²) >= 11 is 0. The van der Waals surface area contributed by atoms with Crippen LogP contribution in [0.3, 0.4) is 0 Å². The minimum Gasteiger partial charge on any atom is -0.317 e. The Kier molecular flexibility index (Phi) is 4.04. The smallest absolute Gasteiger partial charge is 0.0111 e. The third-order valence-corrected chi connectivity index (χ3v) is 4.34. The molecule has 2 heteroatoms. The summed E-state index contributed by atoms with van der Waals surface area (Å²) in [5.74, 6) is 1.00. The minimum atomic E-state index is 0.792. The van der Waals surface area contributed by atoms with Crippen molar-refractivity contribution >= 4 is 0 Å². The molecular formula is C13H26N2. The van der Waals surface area contributed by atoms with Crippen LogP contribution >= 0.6 is 0 Å². The molecule has 0 spiro atoms. The molecule has 0 aromatic carbocycles. The zero-order chi connectivity index (χ0) is 10.7. The van der Waals surface area contributed by atoms with Crippen molar-refractivity contribution in [3.05, 3.63) is 0 Å². The summed E-state index contributed by atoms with van der Waals surface area (Å²) in [6.07, 6.45) is 8.45. The van der Waals surface area contributed by atoms with Gasteiger partial charge in [-0.05, 0) is 51.6 Å². The summed E-state index contributed by atoms with van der Waals surface area (Å²) in [4.78, 5) is 2.76. The summed E-state index contributed by atoms with van der Waals surface area (Å²) in [5.41, 5.74) is 0. The molecule has 3 atom stereocenters. The average Bonchev–Trinajstić information content (AvgIpc) is 2.85. The summed E-state index contributed by atoms with van der Waals surface area (Å²) in [5, 5.41) is 3.43. The lowest BCUT2D eigenvalue weighted by atomic mass is 10.0. The van der Waals surface area contributed by atoms with Crippen LogP contribution in [0.15, 0.2) is 0 Å². The molecule has 0 bridgehead atoms. The van der Waals surface area contributed by atoms with Crippen LogP contribution in [-0.2, 0) is 0 Å². The van der Waals surface area contributed by atoms with Crippen LogP contribution in [0, 0.1) is 5.92 Å². The second kappa shape index (κ2) is 5.31. The van der Waals surface area contributed by atoms with Gasteiger partial charge < -0.3 is 10.2 Å². The van der Waals surface area contributed by atoms with E-state index in [2.05, 4.69) is 24.2 Å². The molecule has 3 unspecified atom stereocenters. The normalized spacial score (nSPS) is 37.6. The Morgan fingerprint density at radius 1 is 1.27 bits per heavy atom. The summed E-state index contributed by atoms with van der Waals surface area (Å²) in [6, 6.07) is 1.68. The molecule has 2 rings (SSSR count). The van der Waals surface area contributed by atoms with Crippen molar-refractivity contribution in [2.24, 2.45) is 5.92 Å². The Morgan fingerprint density at radius 2 is 2.13 bits per heavy atom. The van der Waals surface area contributed by atoms with Crippen molar-refractivity contribution in [1.29, 1.82) is 0 Å². The van der Waals surface area contributed by atoms with Crippen LogP contribution in [0.25, 0.3) is 0 Å². The van der Waals surface area contributed by atoms with E-state index < -0.39 is 0 Å². The number of nitrogens with zero attached hydrogens (tertiary/aromatic N) is 1. The zero-order valence-corrected chi connectivity index (χ0v) is 10.3. The van der Waals surface area contributed by atoms with Crippen molar-refractivity contribution in [2.75, 3.05) is 20.1 Å². The largest absolute Gasteiger partial charge is 0.317 e. The molecule has 0 aromatic rings. The van der Waals surface area contributed by atoms with Crippen molar-refractivity contribution < 1.29 is 0 Å². The van der Waals surface area contributed by atoms with Gasteiger partial charge in [-0.25, -0.2) is 0 Å². The Morgan fingerprint density at radius 3 is 2.80 bits per heavy atom. The average molecular weight is 210 g/mol. The van der Waals surface area contributed by atoms with E-state index in [9.17, 15) is 0 Å². The van der Waals surface area contributed by atoms with E-state index in [4.69, 9.17) is 0 Å². The van der Waals surface area contributed by atoms with Crippen LogP contribution in [0.1, 0.15) is 45.4 Å². The molecule has 1 saturated heterocycles. The second-order valence-corrected chi connectivity index (χ2v) is 5.39. The van der Waals surface area contributed by atoms with Crippen molar-refractivity contribution in [3.63, 3.8) is 0 Å². The maximum atomic E-state index is 3.43. The minimum absolute atomic E-state index is 0.792. The first kappa shape index (κ1) is 11.4. The molecule has 1 aliphatic carbocycles. The summed E-state index contributed by atoms with van der Waals surface area (Å²) in [6.45, 7) is 5.07. The lowest BCUT2D eigenvalue weighted by Crippen LogP contribution is -2.33. The van der Waals surface area contributed by atoms with E-state index in [0.29, 0.717) is 0 Å². The zero-order valence-electron chi connectivity index (χ0n) is 10.3. The van der Waals surface area contributed by atoms with E-state index >= 15 is 0 Å². The lowest BCUT2D eigenvalue weighted by molar-refractivity contribution is 0.232. The third kappa shape index (κ3) is 2.73. The molecule has 2 nitrogen and oxygen atoms in total. The predicted octanol–water partition coefficient (Wildman–Crippen LogP) is 2.25. The molecule has 0 radical (unpaired) electrons. The maximum Gasteiger partial charge on any atom is 0.0111 e. The topological polar surface area (TPSA) is 15.3 Å².